The number of benzene rings is 1. The quantitative estimate of drug-likeness (QED) is 0.823. The second kappa shape index (κ2) is 6.74. The van der Waals surface area contributed by atoms with E-state index < -0.39 is 18.0 Å². The van der Waals surface area contributed by atoms with Gasteiger partial charge in [-0.2, -0.15) is 0 Å². The molecule has 21 heavy (non-hydrogen) atoms. The Morgan fingerprint density at radius 2 is 1.90 bits per heavy atom. The van der Waals surface area contributed by atoms with E-state index in [1.807, 2.05) is 0 Å². The van der Waals surface area contributed by atoms with E-state index >= 15 is 0 Å². The van der Waals surface area contributed by atoms with Gasteiger partial charge in [0.25, 0.3) is 0 Å². The van der Waals surface area contributed by atoms with Crippen LogP contribution in [-0.4, -0.2) is 48.7 Å². The summed E-state index contributed by atoms with van der Waals surface area (Å²) in [6, 6.07) is 2.66. The third kappa shape index (κ3) is 4.20. The van der Waals surface area contributed by atoms with Crippen molar-refractivity contribution in [1.82, 2.24) is 4.90 Å². The first-order valence-corrected chi connectivity index (χ1v) is 6.19. The number of carbonyl (C=O) groups is 3. The SMILES string of the molecule is COC(=O)CN(C)C(=O)Nc1c(C)cc(C)cc1C(=O)O. The number of hydrogen-bond acceptors (Lipinski definition) is 4. The molecule has 0 spiro atoms. The van der Waals surface area contributed by atoms with Gasteiger partial charge in [0.2, 0.25) is 0 Å². The van der Waals surface area contributed by atoms with Crippen LogP contribution in [0.15, 0.2) is 12.1 Å². The molecule has 7 nitrogen and oxygen atoms in total. The van der Waals surface area contributed by atoms with Crippen LogP contribution in [0.25, 0.3) is 0 Å². The second-order valence-corrected chi connectivity index (χ2v) is 4.67. The molecule has 0 atom stereocenters. The maximum Gasteiger partial charge on any atom is 0.337 e. The van der Waals surface area contributed by atoms with Crippen molar-refractivity contribution in [3.63, 3.8) is 0 Å². The number of hydrogen-bond donors (Lipinski definition) is 2. The van der Waals surface area contributed by atoms with E-state index in [1.165, 1.54) is 20.2 Å². The highest BCUT2D eigenvalue weighted by Gasteiger charge is 2.19. The molecule has 0 saturated heterocycles. The van der Waals surface area contributed by atoms with Gasteiger partial charge >= 0.3 is 18.0 Å². The molecule has 7 heteroatoms. The van der Waals surface area contributed by atoms with Gasteiger partial charge in [-0.1, -0.05) is 6.07 Å². The number of methoxy groups -OCH3 is 1. The van der Waals surface area contributed by atoms with Crippen LogP contribution in [-0.2, 0) is 9.53 Å². The number of carboxylic acids is 1. The minimum Gasteiger partial charge on any atom is -0.478 e. The smallest absolute Gasteiger partial charge is 0.337 e. The first-order valence-electron chi connectivity index (χ1n) is 6.19. The van der Waals surface area contributed by atoms with Crippen LogP contribution in [0, 0.1) is 13.8 Å². The van der Waals surface area contributed by atoms with Gasteiger partial charge in [0.15, 0.2) is 0 Å². The number of anilines is 1. The van der Waals surface area contributed by atoms with Crippen molar-refractivity contribution in [3.05, 3.63) is 28.8 Å². The fourth-order valence-electron chi connectivity index (χ4n) is 1.83. The molecule has 0 heterocycles. The van der Waals surface area contributed by atoms with Gasteiger partial charge in [0.1, 0.15) is 6.54 Å². The third-order valence-corrected chi connectivity index (χ3v) is 2.88. The number of amides is 2. The molecule has 0 aliphatic heterocycles. The number of urea groups is 1. The lowest BCUT2D eigenvalue weighted by atomic mass is 10.0. The fraction of sp³-hybridized carbons (Fsp3) is 0.357. The summed E-state index contributed by atoms with van der Waals surface area (Å²) < 4.78 is 4.47. The van der Waals surface area contributed by atoms with Crippen LogP contribution in [0.5, 0.6) is 0 Å². The maximum atomic E-state index is 12.0. The largest absolute Gasteiger partial charge is 0.478 e. The molecule has 114 valence electrons. The number of aromatic carboxylic acids is 1. The Kier molecular flexibility index (Phi) is 5.29. The molecule has 0 aliphatic rings. The summed E-state index contributed by atoms with van der Waals surface area (Å²) in [6.45, 7) is 3.25. The highest BCUT2D eigenvalue weighted by molar-refractivity contribution is 6.01. The van der Waals surface area contributed by atoms with Crippen LogP contribution < -0.4 is 5.32 Å². The van der Waals surface area contributed by atoms with Crippen molar-refractivity contribution in [2.75, 3.05) is 26.0 Å². The Morgan fingerprint density at radius 1 is 1.29 bits per heavy atom. The van der Waals surface area contributed by atoms with E-state index in [9.17, 15) is 19.5 Å². The minimum atomic E-state index is -1.13. The van der Waals surface area contributed by atoms with Crippen molar-refractivity contribution in [2.45, 2.75) is 13.8 Å². The first kappa shape index (κ1) is 16.5. The average Bonchev–Trinajstić information content (AvgIpc) is 2.40. The molecule has 1 aromatic carbocycles. The molecular formula is C14H18N2O5. The molecule has 0 bridgehead atoms. The number of nitrogens with one attached hydrogen (secondary N) is 1. The van der Waals surface area contributed by atoms with E-state index in [0.29, 0.717) is 5.56 Å². The summed E-state index contributed by atoms with van der Waals surface area (Å²) >= 11 is 0. The fourth-order valence-corrected chi connectivity index (χ4v) is 1.83. The minimum absolute atomic E-state index is 0.00678. The summed E-state index contributed by atoms with van der Waals surface area (Å²) in [4.78, 5) is 35.5. The van der Waals surface area contributed by atoms with Crippen LogP contribution in [0.1, 0.15) is 21.5 Å². The van der Waals surface area contributed by atoms with Crippen LogP contribution in [0.4, 0.5) is 10.5 Å². The number of ether oxygens (including phenoxy) is 1. The molecule has 0 aliphatic carbocycles. The molecule has 0 radical (unpaired) electrons. The zero-order valence-electron chi connectivity index (χ0n) is 12.4. The highest BCUT2D eigenvalue weighted by Crippen LogP contribution is 2.23. The summed E-state index contributed by atoms with van der Waals surface area (Å²) in [5.74, 6) is -1.69. The Balaban J connectivity index is 2.99. The van der Waals surface area contributed by atoms with Gasteiger partial charge < -0.3 is 20.1 Å². The molecule has 0 aromatic heterocycles. The number of carbonyl (C=O) groups excluding carboxylic acids is 2. The van der Waals surface area contributed by atoms with Crippen molar-refractivity contribution in [2.24, 2.45) is 0 Å². The van der Waals surface area contributed by atoms with Crippen molar-refractivity contribution < 1.29 is 24.2 Å². The Bertz CT molecular complexity index is 583. The summed E-state index contributed by atoms with van der Waals surface area (Å²) in [7, 11) is 2.64. The van der Waals surface area contributed by atoms with Gasteiger partial charge in [0.05, 0.1) is 18.4 Å². The maximum absolute atomic E-state index is 12.0. The van der Waals surface area contributed by atoms with Crippen molar-refractivity contribution >= 4 is 23.7 Å². The highest BCUT2D eigenvalue weighted by atomic mass is 16.5. The molecule has 2 amide bonds. The summed E-state index contributed by atoms with van der Waals surface area (Å²) in [5, 5.41) is 11.7. The number of likely N-dealkylation sites (N-methyl/N-ethyl adjacent to an activating group) is 1. The van der Waals surface area contributed by atoms with Gasteiger partial charge in [-0.05, 0) is 31.0 Å². The van der Waals surface area contributed by atoms with Crippen molar-refractivity contribution in [3.8, 4) is 0 Å². The summed E-state index contributed by atoms with van der Waals surface area (Å²) in [5.41, 5.74) is 1.64. The molecule has 1 aromatic rings. The number of aryl methyl sites for hydroxylation is 2. The van der Waals surface area contributed by atoms with Crippen LogP contribution in [0.2, 0.25) is 0 Å². The van der Waals surface area contributed by atoms with E-state index in [2.05, 4.69) is 10.1 Å². The molecule has 0 unspecified atom stereocenters. The van der Waals surface area contributed by atoms with E-state index in [0.717, 1.165) is 10.5 Å². The zero-order chi connectivity index (χ0) is 16.2. The van der Waals surface area contributed by atoms with Crippen LogP contribution >= 0.6 is 0 Å². The normalized spacial score (nSPS) is 9.90. The predicted molar refractivity (Wildman–Crippen MR) is 76.5 cm³/mol. The second-order valence-electron chi connectivity index (χ2n) is 4.67. The lowest BCUT2D eigenvalue weighted by Gasteiger charge is -2.19. The number of esters is 1. The van der Waals surface area contributed by atoms with E-state index in [4.69, 9.17) is 0 Å². The monoisotopic (exact) mass is 294 g/mol. The lowest BCUT2D eigenvalue weighted by molar-refractivity contribution is -0.140. The summed E-state index contributed by atoms with van der Waals surface area (Å²) in [6.07, 6.45) is 0. The van der Waals surface area contributed by atoms with Crippen molar-refractivity contribution in [1.29, 1.82) is 0 Å². The zero-order valence-corrected chi connectivity index (χ0v) is 12.4. The third-order valence-electron chi connectivity index (χ3n) is 2.88. The Hall–Kier alpha value is -2.57. The molecule has 0 saturated carbocycles. The van der Waals surface area contributed by atoms with E-state index in [1.54, 1.807) is 19.9 Å². The van der Waals surface area contributed by atoms with Gasteiger partial charge in [-0.25, -0.2) is 9.59 Å². The number of carboxylic acid groups (broad SMARTS) is 1. The number of nitrogens with zero attached hydrogens (tertiary/aromatic N) is 1. The van der Waals surface area contributed by atoms with Crippen LogP contribution in [0.3, 0.4) is 0 Å². The number of rotatable bonds is 4. The molecule has 0 fully saturated rings. The molecule has 1 rings (SSSR count). The Morgan fingerprint density at radius 3 is 2.43 bits per heavy atom. The van der Waals surface area contributed by atoms with Gasteiger partial charge in [0, 0.05) is 7.05 Å². The topological polar surface area (TPSA) is 95.9 Å². The Labute approximate surface area is 122 Å². The van der Waals surface area contributed by atoms with E-state index in [-0.39, 0.29) is 17.8 Å². The van der Waals surface area contributed by atoms with Gasteiger partial charge in [-0.15, -0.1) is 0 Å². The van der Waals surface area contributed by atoms with Gasteiger partial charge in [-0.3, -0.25) is 4.79 Å². The lowest BCUT2D eigenvalue weighted by Crippen LogP contribution is -2.36. The standard InChI is InChI=1S/C14H18N2O5/c1-8-5-9(2)12(10(6-8)13(18)19)15-14(20)16(3)7-11(17)21-4/h5-6H,7H2,1-4H3,(H,15,20)(H,18,19). The molecular weight excluding hydrogens is 276 g/mol. The molecule has 2 N–H and O–H groups in total. The average molecular weight is 294 g/mol. The predicted octanol–water partition coefficient (Wildman–Crippen LogP) is 1.64. The first-order chi connectivity index (χ1) is 9.76.